The number of hydrogen-bond donors (Lipinski definition) is 1. The van der Waals surface area contributed by atoms with E-state index in [1.54, 1.807) is 17.4 Å². The molecule has 2 aromatic rings. The van der Waals surface area contributed by atoms with Gasteiger partial charge in [-0.25, -0.2) is 0 Å². The predicted octanol–water partition coefficient (Wildman–Crippen LogP) is 3.57. The first-order valence-electron chi connectivity index (χ1n) is 6.58. The van der Waals surface area contributed by atoms with E-state index in [1.807, 2.05) is 6.07 Å². The summed E-state index contributed by atoms with van der Waals surface area (Å²) < 4.78 is 5.10. The van der Waals surface area contributed by atoms with Gasteiger partial charge in [-0.15, -0.1) is 11.3 Å². The highest BCUT2D eigenvalue weighted by atomic mass is 32.1. The number of hydrogen-bond acceptors (Lipinski definition) is 5. The monoisotopic (exact) mass is 306 g/mol. The van der Waals surface area contributed by atoms with E-state index >= 15 is 0 Å². The van der Waals surface area contributed by atoms with Crippen LogP contribution in [0.3, 0.4) is 0 Å². The third-order valence-electron chi connectivity index (χ3n) is 3.24. The Morgan fingerprint density at radius 2 is 2.00 bits per heavy atom. The average molecular weight is 306 g/mol. The van der Waals surface area contributed by atoms with Crippen LogP contribution >= 0.6 is 11.3 Å². The number of benzene rings is 1. The summed E-state index contributed by atoms with van der Waals surface area (Å²) in [5, 5.41) is 14.2. The Labute approximate surface area is 127 Å². The number of nitro groups is 1. The molecule has 0 radical (unpaired) electrons. The maximum atomic E-state index is 10.9. The number of nitrogens with zero attached hydrogens (tertiary/aromatic N) is 1. The van der Waals surface area contributed by atoms with Crippen LogP contribution in [0.15, 0.2) is 24.3 Å². The van der Waals surface area contributed by atoms with E-state index in [0.717, 1.165) is 12.1 Å². The Bertz CT molecular complexity index is 633. The van der Waals surface area contributed by atoms with E-state index in [0.29, 0.717) is 12.3 Å². The molecule has 0 saturated carbocycles. The third kappa shape index (κ3) is 4.03. The van der Waals surface area contributed by atoms with Gasteiger partial charge < -0.3 is 10.1 Å². The van der Waals surface area contributed by atoms with Gasteiger partial charge in [0.25, 0.3) is 5.69 Å². The Hall–Kier alpha value is -1.92. The van der Waals surface area contributed by atoms with E-state index in [9.17, 15) is 10.1 Å². The molecule has 6 heteroatoms. The number of nitrogens with one attached hydrogen (secondary N) is 1. The van der Waals surface area contributed by atoms with Crippen molar-refractivity contribution in [2.75, 3.05) is 7.11 Å². The topological polar surface area (TPSA) is 64.4 Å². The SMILES string of the molecule is COc1cc(CNCc2cc(C)c(C)s2)cc([N+](=O)[O-])c1. The summed E-state index contributed by atoms with van der Waals surface area (Å²) >= 11 is 1.77. The van der Waals surface area contributed by atoms with Crippen LogP contribution < -0.4 is 10.1 Å². The summed E-state index contributed by atoms with van der Waals surface area (Å²) in [5.74, 6) is 0.504. The van der Waals surface area contributed by atoms with E-state index in [-0.39, 0.29) is 5.69 Å². The van der Waals surface area contributed by atoms with Gasteiger partial charge in [0, 0.05) is 28.9 Å². The first kappa shape index (κ1) is 15.5. The maximum Gasteiger partial charge on any atom is 0.273 e. The summed E-state index contributed by atoms with van der Waals surface area (Å²) in [4.78, 5) is 13.1. The number of rotatable bonds is 6. The van der Waals surface area contributed by atoms with E-state index < -0.39 is 4.92 Å². The Kier molecular flexibility index (Phi) is 4.93. The van der Waals surface area contributed by atoms with Crippen molar-refractivity contribution in [2.24, 2.45) is 0 Å². The van der Waals surface area contributed by atoms with Gasteiger partial charge in [-0.05, 0) is 37.1 Å². The summed E-state index contributed by atoms with van der Waals surface area (Å²) in [6.45, 7) is 5.52. The molecular weight excluding hydrogens is 288 g/mol. The number of ether oxygens (including phenoxy) is 1. The quantitative estimate of drug-likeness (QED) is 0.654. The molecule has 0 saturated heterocycles. The van der Waals surface area contributed by atoms with Crippen molar-refractivity contribution in [3.05, 3.63) is 55.3 Å². The molecule has 112 valence electrons. The van der Waals surface area contributed by atoms with Crippen molar-refractivity contribution in [3.8, 4) is 5.75 Å². The lowest BCUT2D eigenvalue weighted by Gasteiger charge is -2.06. The van der Waals surface area contributed by atoms with Crippen LogP contribution in [-0.4, -0.2) is 12.0 Å². The maximum absolute atomic E-state index is 10.9. The summed E-state index contributed by atoms with van der Waals surface area (Å²) in [6, 6.07) is 6.97. The molecule has 0 bridgehead atoms. The molecule has 21 heavy (non-hydrogen) atoms. The molecule has 0 aliphatic rings. The van der Waals surface area contributed by atoms with E-state index in [2.05, 4.69) is 25.2 Å². The second-order valence-corrected chi connectivity index (χ2v) is 6.19. The van der Waals surface area contributed by atoms with Crippen LogP contribution in [0.1, 0.15) is 20.9 Å². The predicted molar refractivity (Wildman–Crippen MR) is 84.0 cm³/mol. The van der Waals surface area contributed by atoms with Gasteiger partial charge >= 0.3 is 0 Å². The minimum absolute atomic E-state index is 0.0500. The normalized spacial score (nSPS) is 10.6. The molecule has 0 fully saturated rings. The number of aryl methyl sites for hydroxylation is 2. The lowest BCUT2D eigenvalue weighted by molar-refractivity contribution is -0.385. The highest BCUT2D eigenvalue weighted by molar-refractivity contribution is 7.12. The molecule has 2 rings (SSSR count). The first-order chi connectivity index (χ1) is 9.99. The Morgan fingerprint density at radius 1 is 1.24 bits per heavy atom. The molecule has 0 spiro atoms. The van der Waals surface area contributed by atoms with Crippen molar-refractivity contribution >= 4 is 17.0 Å². The van der Waals surface area contributed by atoms with Gasteiger partial charge in [0.2, 0.25) is 0 Å². The molecule has 0 unspecified atom stereocenters. The van der Waals surface area contributed by atoms with Crippen molar-refractivity contribution in [1.29, 1.82) is 0 Å². The molecule has 0 amide bonds. The molecule has 1 N–H and O–H groups in total. The van der Waals surface area contributed by atoms with Gasteiger partial charge in [-0.3, -0.25) is 10.1 Å². The standard InChI is InChI=1S/C15H18N2O3S/c1-10-4-15(21-11(10)2)9-16-8-12-5-13(17(18)19)7-14(6-12)20-3/h4-7,16H,8-9H2,1-3H3. The lowest BCUT2D eigenvalue weighted by Crippen LogP contribution is -2.12. The van der Waals surface area contributed by atoms with Crippen LogP contribution in [0.25, 0.3) is 0 Å². The fraction of sp³-hybridized carbons (Fsp3) is 0.333. The average Bonchev–Trinajstić information content (AvgIpc) is 2.77. The van der Waals surface area contributed by atoms with Crippen LogP contribution in [0.4, 0.5) is 5.69 Å². The summed E-state index contributed by atoms with van der Waals surface area (Å²) in [5.41, 5.74) is 2.19. The minimum Gasteiger partial charge on any atom is -0.496 e. The molecule has 0 atom stereocenters. The molecule has 1 aromatic heterocycles. The van der Waals surface area contributed by atoms with E-state index in [4.69, 9.17) is 4.74 Å². The zero-order valence-corrected chi connectivity index (χ0v) is 13.1. The number of non-ortho nitro benzene ring substituents is 1. The fourth-order valence-corrected chi connectivity index (χ4v) is 3.06. The van der Waals surface area contributed by atoms with Crippen LogP contribution in [0.2, 0.25) is 0 Å². The molecule has 1 heterocycles. The van der Waals surface area contributed by atoms with E-state index in [1.165, 1.54) is 28.5 Å². The van der Waals surface area contributed by atoms with Crippen molar-refractivity contribution in [2.45, 2.75) is 26.9 Å². The van der Waals surface area contributed by atoms with Crippen LogP contribution in [0.5, 0.6) is 5.75 Å². The minimum atomic E-state index is -0.405. The lowest BCUT2D eigenvalue weighted by atomic mass is 10.2. The largest absolute Gasteiger partial charge is 0.496 e. The molecule has 0 aliphatic heterocycles. The second-order valence-electron chi connectivity index (χ2n) is 4.85. The van der Waals surface area contributed by atoms with Gasteiger partial charge in [-0.2, -0.15) is 0 Å². The molecule has 1 aromatic carbocycles. The van der Waals surface area contributed by atoms with Crippen LogP contribution in [0, 0.1) is 24.0 Å². The zero-order valence-electron chi connectivity index (χ0n) is 12.3. The Balaban J connectivity index is 2.02. The fourth-order valence-electron chi connectivity index (χ4n) is 2.04. The van der Waals surface area contributed by atoms with Gasteiger partial charge in [0.05, 0.1) is 18.1 Å². The summed E-state index contributed by atoms with van der Waals surface area (Å²) in [6.07, 6.45) is 0. The molecule has 0 aliphatic carbocycles. The highest BCUT2D eigenvalue weighted by Gasteiger charge is 2.10. The molecular formula is C15H18N2O3S. The number of nitro benzene ring substituents is 1. The van der Waals surface area contributed by atoms with Crippen molar-refractivity contribution < 1.29 is 9.66 Å². The van der Waals surface area contributed by atoms with Gasteiger partial charge in [-0.1, -0.05) is 0 Å². The van der Waals surface area contributed by atoms with Gasteiger partial charge in [0.15, 0.2) is 0 Å². The Morgan fingerprint density at radius 3 is 2.57 bits per heavy atom. The number of thiophene rings is 1. The smallest absolute Gasteiger partial charge is 0.273 e. The molecule has 5 nitrogen and oxygen atoms in total. The highest BCUT2D eigenvalue weighted by Crippen LogP contribution is 2.23. The second kappa shape index (κ2) is 6.69. The van der Waals surface area contributed by atoms with Crippen LogP contribution in [-0.2, 0) is 13.1 Å². The third-order valence-corrected chi connectivity index (χ3v) is 4.40. The number of methoxy groups -OCH3 is 1. The summed E-state index contributed by atoms with van der Waals surface area (Å²) in [7, 11) is 1.51. The first-order valence-corrected chi connectivity index (χ1v) is 7.40. The van der Waals surface area contributed by atoms with Crippen molar-refractivity contribution in [1.82, 2.24) is 5.32 Å². The van der Waals surface area contributed by atoms with Crippen molar-refractivity contribution in [3.63, 3.8) is 0 Å². The van der Waals surface area contributed by atoms with Gasteiger partial charge in [0.1, 0.15) is 5.75 Å². The zero-order chi connectivity index (χ0) is 15.4.